The Hall–Kier alpha value is -0.795. The number of hydrogen-bond donors (Lipinski definition) is 0. The molecule has 0 unspecified atom stereocenters. The second-order valence-electron chi connectivity index (χ2n) is 1.85. The Morgan fingerprint density at radius 1 is 1.70 bits per heavy atom. The zero-order valence-electron chi connectivity index (χ0n) is 6.68. The van der Waals surface area contributed by atoms with Gasteiger partial charge in [0.05, 0.1) is 0 Å². The fourth-order valence-corrected chi connectivity index (χ4v) is 0.627. The lowest BCUT2D eigenvalue weighted by Gasteiger charge is -1.96. The van der Waals surface area contributed by atoms with Gasteiger partial charge in [0.15, 0.2) is 0 Å². The molecule has 0 aromatic rings. The topological polar surface area (TPSA) is 38.7 Å². The van der Waals surface area contributed by atoms with E-state index in [1.54, 1.807) is 0 Å². The Labute approximate surface area is 61.7 Å². The molecule has 0 aliphatic carbocycles. The molecule has 0 heterocycles. The maximum Gasteiger partial charge on any atom is 0.210 e. The number of hydrogen-bond acceptors (Lipinski definition) is 3. The summed E-state index contributed by atoms with van der Waals surface area (Å²) in [7, 11) is 1.94. The van der Waals surface area contributed by atoms with Gasteiger partial charge in [-0.2, -0.15) is 0 Å². The van der Waals surface area contributed by atoms with E-state index in [0.717, 1.165) is 0 Å². The molecule has 0 aromatic heterocycles. The van der Waals surface area contributed by atoms with E-state index in [-0.39, 0.29) is 5.68 Å². The lowest BCUT2D eigenvalue weighted by atomic mass is 9.74. The molecular formula is C6H12BNO2. The smallest absolute Gasteiger partial charge is 0.210 e. The van der Waals surface area contributed by atoms with Gasteiger partial charge >= 0.3 is 0 Å². The van der Waals surface area contributed by atoms with Gasteiger partial charge in [0.1, 0.15) is 18.5 Å². The average molecular weight is 141 g/mol. The number of oxime groups is 1. The third-order valence-corrected chi connectivity index (χ3v) is 1.18. The van der Waals surface area contributed by atoms with Crippen molar-refractivity contribution in [1.82, 2.24) is 0 Å². The molecule has 0 N–H and O–H groups in total. The minimum Gasteiger partial charge on any atom is -0.399 e. The van der Waals surface area contributed by atoms with Crippen LogP contribution >= 0.6 is 0 Å². The van der Waals surface area contributed by atoms with Crippen LogP contribution in [0.5, 0.6) is 0 Å². The molecule has 0 amide bonds. The third kappa shape index (κ3) is 2.66. The van der Waals surface area contributed by atoms with Crippen LogP contribution in [0.4, 0.5) is 0 Å². The summed E-state index contributed by atoms with van der Waals surface area (Å²) in [5, 5.41) is 3.58. The van der Waals surface area contributed by atoms with Crippen LogP contribution in [0, 0.1) is 0 Å². The second kappa shape index (κ2) is 5.03. The van der Waals surface area contributed by atoms with E-state index < -0.39 is 0 Å². The van der Waals surface area contributed by atoms with Crippen molar-refractivity contribution in [3.63, 3.8) is 0 Å². The molecule has 0 aromatic carbocycles. The Kier molecular flexibility index (Phi) is 4.63. The van der Waals surface area contributed by atoms with Crippen LogP contribution in [0.15, 0.2) is 5.16 Å². The summed E-state index contributed by atoms with van der Waals surface area (Å²) in [6.07, 6.45) is 0.639. The molecule has 10 heavy (non-hydrogen) atoms. The van der Waals surface area contributed by atoms with Crippen molar-refractivity contribution in [1.29, 1.82) is 0 Å². The van der Waals surface area contributed by atoms with Gasteiger partial charge in [-0.3, -0.25) is 0 Å². The van der Waals surface area contributed by atoms with Crippen molar-refractivity contribution in [2.75, 3.05) is 7.11 Å². The van der Waals surface area contributed by atoms with Crippen LogP contribution in [0.3, 0.4) is 0 Å². The summed E-state index contributed by atoms with van der Waals surface area (Å²) in [4.78, 5) is 15.4. The lowest BCUT2D eigenvalue weighted by Crippen LogP contribution is -2.18. The highest BCUT2D eigenvalue weighted by atomic mass is 16.6. The highest BCUT2D eigenvalue weighted by Gasteiger charge is 2.06. The third-order valence-electron chi connectivity index (χ3n) is 1.18. The lowest BCUT2D eigenvalue weighted by molar-refractivity contribution is -0.106. The maximum absolute atomic E-state index is 10.9. The summed E-state index contributed by atoms with van der Waals surface area (Å²) in [5.41, 5.74) is 0.578. The molecule has 3 nitrogen and oxygen atoms in total. The van der Waals surface area contributed by atoms with Gasteiger partial charge in [0.2, 0.25) is 7.28 Å². The SMILES string of the molecule is CBC(=O)/C(CC)=N/OC. The van der Waals surface area contributed by atoms with Crippen LogP contribution in [-0.4, -0.2) is 25.8 Å². The fraction of sp³-hybridized carbons (Fsp3) is 0.667. The first kappa shape index (κ1) is 9.20. The monoisotopic (exact) mass is 141 g/mol. The molecule has 56 valence electrons. The minimum atomic E-state index is 0.0596. The van der Waals surface area contributed by atoms with Crippen molar-refractivity contribution in [3.8, 4) is 0 Å². The van der Waals surface area contributed by atoms with Crippen molar-refractivity contribution in [2.24, 2.45) is 5.16 Å². The molecule has 0 atom stereocenters. The largest absolute Gasteiger partial charge is 0.399 e. The van der Waals surface area contributed by atoms with Crippen molar-refractivity contribution >= 4 is 18.7 Å². The van der Waals surface area contributed by atoms with Gasteiger partial charge in [0.25, 0.3) is 0 Å². The van der Waals surface area contributed by atoms with Gasteiger partial charge in [-0.05, 0) is 6.42 Å². The van der Waals surface area contributed by atoms with Gasteiger partial charge < -0.3 is 9.63 Å². The first-order valence-electron chi connectivity index (χ1n) is 3.39. The summed E-state index contributed by atoms with van der Waals surface area (Å²) >= 11 is 0. The predicted molar refractivity (Wildman–Crippen MR) is 42.8 cm³/mol. The van der Waals surface area contributed by atoms with E-state index in [2.05, 4.69) is 9.99 Å². The number of nitrogens with zero attached hydrogens (tertiary/aromatic N) is 1. The number of rotatable bonds is 4. The Balaban J connectivity index is 4.06. The highest BCUT2D eigenvalue weighted by Crippen LogP contribution is 1.87. The maximum atomic E-state index is 10.9. The molecule has 0 saturated carbocycles. The highest BCUT2D eigenvalue weighted by molar-refractivity contribution is 6.88. The zero-order valence-corrected chi connectivity index (χ0v) is 6.68. The van der Waals surface area contributed by atoms with Crippen LogP contribution in [0.1, 0.15) is 13.3 Å². The van der Waals surface area contributed by atoms with Crippen molar-refractivity contribution < 1.29 is 9.63 Å². The quantitative estimate of drug-likeness (QED) is 0.323. The zero-order chi connectivity index (χ0) is 7.98. The summed E-state index contributed by atoms with van der Waals surface area (Å²) in [5.74, 6) is 0. The first-order chi connectivity index (χ1) is 4.76. The van der Waals surface area contributed by atoms with Crippen LogP contribution in [0.25, 0.3) is 0 Å². The molecule has 0 rings (SSSR count). The molecular weight excluding hydrogens is 129 g/mol. The Morgan fingerprint density at radius 3 is 2.60 bits per heavy atom. The van der Waals surface area contributed by atoms with Gasteiger partial charge in [-0.1, -0.05) is 18.9 Å². The van der Waals surface area contributed by atoms with Gasteiger partial charge in [0, 0.05) is 0 Å². The normalized spacial score (nSPS) is 10.9. The second-order valence-corrected chi connectivity index (χ2v) is 1.85. The van der Waals surface area contributed by atoms with Gasteiger partial charge in [-0.15, -0.1) is 0 Å². The molecule has 0 aliphatic heterocycles. The fourth-order valence-electron chi connectivity index (χ4n) is 0.627. The Bertz CT molecular complexity index is 145. The van der Waals surface area contributed by atoms with E-state index in [0.29, 0.717) is 19.4 Å². The molecule has 0 aliphatic rings. The molecule has 0 radical (unpaired) electrons. The van der Waals surface area contributed by atoms with E-state index >= 15 is 0 Å². The van der Waals surface area contributed by atoms with E-state index in [1.807, 2.05) is 13.7 Å². The van der Waals surface area contributed by atoms with Crippen molar-refractivity contribution in [2.45, 2.75) is 20.2 Å². The Morgan fingerprint density at radius 2 is 2.30 bits per heavy atom. The molecule has 4 heteroatoms. The summed E-state index contributed by atoms with van der Waals surface area (Å²) < 4.78 is 0. The minimum absolute atomic E-state index is 0.0596. The van der Waals surface area contributed by atoms with Gasteiger partial charge in [-0.25, -0.2) is 0 Å². The van der Waals surface area contributed by atoms with E-state index in [4.69, 9.17) is 0 Å². The average Bonchev–Trinajstić information content (AvgIpc) is 1.99. The molecule has 0 spiro atoms. The van der Waals surface area contributed by atoms with Crippen LogP contribution in [0.2, 0.25) is 6.82 Å². The van der Waals surface area contributed by atoms with E-state index in [1.165, 1.54) is 7.11 Å². The predicted octanol–water partition coefficient (Wildman–Crippen LogP) is 0.410. The molecule has 0 saturated heterocycles. The number of carbonyl (C=O) groups excluding carboxylic acids is 1. The van der Waals surface area contributed by atoms with Crippen molar-refractivity contribution in [3.05, 3.63) is 0 Å². The summed E-state index contributed by atoms with van der Waals surface area (Å²) in [6, 6.07) is 0. The molecule has 0 bridgehead atoms. The van der Waals surface area contributed by atoms with Crippen LogP contribution in [-0.2, 0) is 9.63 Å². The first-order valence-corrected chi connectivity index (χ1v) is 3.39. The molecule has 0 fully saturated rings. The summed E-state index contributed by atoms with van der Waals surface area (Å²) in [6.45, 7) is 3.69. The van der Waals surface area contributed by atoms with Crippen LogP contribution < -0.4 is 0 Å². The standard InChI is InChI=1S/C6H12BNO2/c1-4-5(8-10-3)6(9)7-2/h7H,4H2,1-3H3/b8-5+. The van der Waals surface area contributed by atoms with E-state index in [9.17, 15) is 4.79 Å². The number of carbonyl (C=O) groups is 1.